The molecule has 1 aromatic rings. The summed E-state index contributed by atoms with van der Waals surface area (Å²) < 4.78 is 37.5. The minimum Gasteiger partial charge on any atom is -0.397 e. The van der Waals surface area contributed by atoms with Gasteiger partial charge in [-0.25, -0.2) is 0 Å². The number of halogens is 3. The molecule has 1 atom stereocenters. The lowest BCUT2D eigenvalue weighted by Gasteiger charge is -2.21. The summed E-state index contributed by atoms with van der Waals surface area (Å²) in [5.74, 6) is 0.165. The van der Waals surface area contributed by atoms with Gasteiger partial charge in [-0.1, -0.05) is 26.7 Å². The summed E-state index contributed by atoms with van der Waals surface area (Å²) >= 11 is 0. The van der Waals surface area contributed by atoms with Gasteiger partial charge in [-0.2, -0.15) is 13.2 Å². The zero-order valence-corrected chi connectivity index (χ0v) is 11.7. The Morgan fingerprint density at radius 2 is 1.85 bits per heavy atom. The Labute approximate surface area is 117 Å². The highest BCUT2D eigenvalue weighted by atomic mass is 19.4. The highest BCUT2D eigenvalue weighted by molar-refractivity contribution is 5.67. The van der Waals surface area contributed by atoms with Gasteiger partial charge in [0.05, 0.1) is 23.0 Å². The third-order valence-corrected chi connectivity index (χ3v) is 3.47. The quantitative estimate of drug-likeness (QED) is 0.703. The number of benzene rings is 1. The van der Waals surface area contributed by atoms with Crippen LogP contribution in [0.25, 0.3) is 0 Å². The lowest BCUT2D eigenvalue weighted by molar-refractivity contribution is -0.137. The summed E-state index contributed by atoms with van der Waals surface area (Å²) in [6, 6.07) is 3.16. The summed E-state index contributed by atoms with van der Waals surface area (Å²) in [4.78, 5) is 0. The Morgan fingerprint density at radius 3 is 2.30 bits per heavy atom. The van der Waals surface area contributed by atoms with Crippen molar-refractivity contribution in [1.82, 2.24) is 0 Å². The molecule has 0 spiro atoms. The molecule has 4 N–H and O–H groups in total. The zero-order chi connectivity index (χ0) is 15.3. The summed E-state index contributed by atoms with van der Waals surface area (Å²) in [5.41, 5.74) is 5.25. The molecule has 0 fully saturated rings. The van der Waals surface area contributed by atoms with E-state index in [9.17, 15) is 18.3 Å². The molecule has 0 aliphatic carbocycles. The van der Waals surface area contributed by atoms with E-state index in [1.165, 1.54) is 6.07 Å². The highest BCUT2D eigenvalue weighted by Gasteiger charge is 2.30. The molecule has 0 aromatic heterocycles. The second-order valence-electron chi connectivity index (χ2n) is 4.82. The Bertz CT molecular complexity index is 431. The van der Waals surface area contributed by atoms with E-state index in [0.29, 0.717) is 5.69 Å². The average Bonchev–Trinajstić information content (AvgIpc) is 2.37. The number of alkyl halides is 3. The van der Waals surface area contributed by atoms with Crippen LogP contribution in [0.1, 0.15) is 32.3 Å². The van der Waals surface area contributed by atoms with Crippen molar-refractivity contribution in [3.05, 3.63) is 23.8 Å². The van der Waals surface area contributed by atoms with Crippen molar-refractivity contribution in [2.75, 3.05) is 17.6 Å². The maximum Gasteiger partial charge on any atom is 0.416 e. The molecule has 0 saturated carbocycles. The zero-order valence-electron chi connectivity index (χ0n) is 11.7. The molecule has 0 radical (unpaired) electrons. The molecule has 0 bridgehead atoms. The van der Waals surface area contributed by atoms with Gasteiger partial charge in [0.2, 0.25) is 0 Å². The predicted octanol–water partition coefficient (Wildman–Crippen LogP) is 3.50. The number of anilines is 2. The van der Waals surface area contributed by atoms with Crippen molar-refractivity contribution < 1.29 is 18.3 Å². The fraction of sp³-hybridized carbons (Fsp3) is 0.571. The molecule has 1 aromatic carbocycles. The second kappa shape index (κ2) is 6.83. The van der Waals surface area contributed by atoms with Crippen molar-refractivity contribution in [2.24, 2.45) is 5.92 Å². The molecule has 114 valence electrons. The van der Waals surface area contributed by atoms with Gasteiger partial charge in [-0.05, 0) is 24.1 Å². The summed E-state index contributed by atoms with van der Waals surface area (Å²) in [6.07, 6.45) is -3.25. The molecule has 0 aliphatic rings. The average molecular weight is 290 g/mol. The van der Waals surface area contributed by atoms with E-state index in [-0.39, 0.29) is 18.2 Å². The fourth-order valence-electron chi connectivity index (χ4n) is 2.11. The molecular weight excluding hydrogens is 269 g/mol. The number of nitrogens with two attached hydrogens (primary N) is 1. The lowest BCUT2D eigenvalue weighted by Crippen LogP contribution is -2.28. The van der Waals surface area contributed by atoms with E-state index in [0.717, 1.165) is 25.0 Å². The molecule has 0 saturated heterocycles. The van der Waals surface area contributed by atoms with Gasteiger partial charge in [0.25, 0.3) is 0 Å². The van der Waals surface area contributed by atoms with Crippen molar-refractivity contribution in [1.29, 1.82) is 0 Å². The third-order valence-electron chi connectivity index (χ3n) is 3.47. The van der Waals surface area contributed by atoms with Crippen LogP contribution in [0.15, 0.2) is 18.2 Å². The molecular formula is C14H21F3N2O. The maximum absolute atomic E-state index is 12.5. The van der Waals surface area contributed by atoms with Gasteiger partial charge in [0.15, 0.2) is 0 Å². The van der Waals surface area contributed by atoms with Gasteiger partial charge in [-0.3, -0.25) is 0 Å². The van der Waals surface area contributed by atoms with Crippen LogP contribution >= 0.6 is 0 Å². The number of aliphatic hydroxyl groups excluding tert-OH is 1. The lowest BCUT2D eigenvalue weighted by atomic mass is 9.96. The van der Waals surface area contributed by atoms with E-state index in [1.807, 2.05) is 13.8 Å². The Hall–Kier alpha value is -1.43. The van der Waals surface area contributed by atoms with E-state index >= 15 is 0 Å². The van der Waals surface area contributed by atoms with Crippen LogP contribution in [0.5, 0.6) is 0 Å². The van der Waals surface area contributed by atoms with Crippen LogP contribution in [-0.4, -0.2) is 17.8 Å². The number of aliphatic hydroxyl groups is 1. The molecule has 0 heterocycles. The first-order valence-electron chi connectivity index (χ1n) is 6.68. The Kier molecular flexibility index (Phi) is 5.68. The molecule has 3 nitrogen and oxygen atoms in total. The van der Waals surface area contributed by atoms with Gasteiger partial charge >= 0.3 is 6.18 Å². The normalized spacial score (nSPS) is 13.6. The van der Waals surface area contributed by atoms with Crippen LogP contribution in [0, 0.1) is 5.92 Å². The first-order chi connectivity index (χ1) is 9.29. The smallest absolute Gasteiger partial charge is 0.397 e. The van der Waals surface area contributed by atoms with Crippen molar-refractivity contribution in [3.8, 4) is 0 Å². The number of rotatable bonds is 6. The standard InChI is InChI=1S/C14H21F3N2O/c1-3-9(4-2)13(20)8-19-12-6-5-10(7-11(12)18)14(15,16)17/h5-7,9,13,19-20H,3-4,8,18H2,1-2H3. The van der Waals surface area contributed by atoms with Gasteiger partial charge in [0, 0.05) is 6.54 Å². The molecule has 1 rings (SSSR count). The molecule has 1 unspecified atom stereocenters. The Morgan fingerprint density at radius 1 is 1.25 bits per heavy atom. The third kappa shape index (κ3) is 4.30. The topological polar surface area (TPSA) is 58.3 Å². The van der Waals surface area contributed by atoms with Crippen LogP contribution in [-0.2, 0) is 6.18 Å². The molecule has 0 amide bonds. The fourth-order valence-corrected chi connectivity index (χ4v) is 2.11. The first-order valence-corrected chi connectivity index (χ1v) is 6.68. The molecule has 0 aliphatic heterocycles. The summed E-state index contributed by atoms with van der Waals surface area (Å²) in [5, 5.41) is 12.9. The summed E-state index contributed by atoms with van der Waals surface area (Å²) in [7, 11) is 0. The van der Waals surface area contributed by atoms with Crippen molar-refractivity contribution >= 4 is 11.4 Å². The number of hydrogen-bond acceptors (Lipinski definition) is 3. The second-order valence-corrected chi connectivity index (χ2v) is 4.82. The van der Waals surface area contributed by atoms with Gasteiger partial charge in [-0.15, -0.1) is 0 Å². The van der Waals surface area contributed by atoms with E-state index < -0.39 is 17.8 Å². The van der Waals surface area contributed by atoms with Gasteiger partial charge < -0.3 is 16.2 Å². The molecule has 6 heteroatoms. The minimum atomic E-state index is -4.40. The van der Waals surface area contributed by atoms with E-state index in [4.69, 9.17) is 5.73 Å². The molecule has 20 heavy (non-hydrogen) atoms. The summed E-state index contributed by atoms with van der Waals surface area (Å²) in [6.45, 7) is 4.25. The first kappa shape index (κ1) is 16.6. The number of nitrogen functional groups attached to an aromatic ring is 1. The monoisotopic (exact) mass is 290 g/mol. The van der Waals surface area contributed by atoms with Crippen molar-refractivity contribution in [3.63, 3.8) is 0 Å². The van der Waals surface area contributed by atoms with Crippen LogP contribution < -0.4 is 11.1 Å². The number of hydrogen-bond donors (Lipinski definition) is 3. The minimum absolute atomic E-state index is 0.0246. The Balaban J connectivity index is 2.70. The van der Waals surface area contributed by atoms with Crippen LogP contribution in [0.3, 0.4) is 0 Å². The van der Waals surface area contributed by atoms with Crippen LogP contribution in [0.4, 0.5) is 24.5 Å². The largest absolute Gasteiger partial charge is 0.416 e. The van der Waals surface area contributed by atoms with E-state index in [2.05, 4.69) is 5.32 Å². The van der Waals surface area contributed by atoms with Crippen LogP contribution in [0.2, 0.25) is 0 Å². The number of nitrogens with one attached hydrogen (secondary N) is 1. The highest BCUT2D eigenvalue weighted by Crippen LogP contribution is 2.32. The van der Waals surface area contributed by atoms with Gasteiger partial charge in [0.1, 0.15) is 0 Å². The maximum atomic E-state index is 12.5. The SMILES string of the molecule is CCC(CC)C(O)CNc1ccc(C(F)(F)F)cc1N. The van der Waals surface area contributed by atoms with E-state index in [1.54, 1.807) is 0 Å². The van der Waals surface area contributed by atoms with Crippen molar-refractivity contribution in [2.45, 2.75) is 39.0 Å². The predicted molar refractivity (Wildman–Crippen MR) is 74.4 cm³/mol.